The first-order chi connectivity index (χ1) is 9.44. The lowest BCUT2D eigenvalue weighted by molar-refractivity contribution is 0.0365. The van der Waals surface area contributed by atoms with Gasteiger partial charge in [0.15, 0.2) is 0 Å². The number of methoxy groups -OCH3 is 2. The van der Waals surface area contributed by atoms with E-state index in [-0.39, 0.29) is 11.6 Å². The molecule has 0 amide bonds. The fourth-order valence-electron chi connectivity index (χ4n) is 1.62. The van der Waals surface area contributed by atoms with Crippen LogP contribution in [-0.2, 0) is 16.0 Å². The Morgan fingerprint density at radius 3 is 2.50 bits per heavy atom. The third-order valence-electron chi connectivity index (χ3n) is 2.84. The number of nitrogens with zero attached hydrogens (tertiary/aromatic N) is 1. The van der Waals surface area contributed by atoms with Crippen LogP contribution >= 0.6 is 0 Å². The van der Waals surface area contributed by atoms with Crippen LogP contribution in [-0.4, -0.2) is 44.0 Å². The van der Waals surface area contributed by atoms with Crippen LogP contribution in [0.4, 0.5) is 5.82 Å². The van der Waals surface area contributed by atoms with Crippen molar-refractivity contribution in [2.75, 3.05) is 32.7 Å². The Kier molecular flexibility index (Phi) is 6.91. The fourth-order valence-corrected chi connectivity index (χ4v) is 1.62. The predicted octanol–water partition coefficient (Wildman–Crippen LogP) is 2.04. The molecule has 0 saturated carbocycles. The summed E-state index contributed by atoms with van der Waals surface area (Å²) in [6.07, 6.45) is 1.92. The van der Waals surface area contributed by atoms with Gasteiger partial charge in [0.1, 0.15) is 5.82 Å². The van der Waals surface area contributed by atoms with Gasteiger partial charge < -0.3 is 20.1 Å². The lowest BCUT2D eigenvalue weighted by Gasteiger charge is -2.20. The molecule has 20 heavy (non-hydrogen) atoms. The van der Waals surface area contributed by atoms with Gasteiger partial charge in [-0.1, -0.05) is 6.07 Å². The number of anilines is 1. The zero-order valence-electron chi connectivity index (χ0n) is 13.2. The zero-order valence-corrected chi connectivity index (χ0v) is 13.2. The number of ether oxygens (including phenoxy) is 2. The van der Waals surface area contributed by atoms with Gasteiger partial charge in [-0.05, 0) is 32.4 Å². The molecule has 1 aromatic heterocycles. The van der Waals surface area contributed by atoms with Gasteiger partial charge in [-0.15, -0.1) is 0 Å². The van der Waals surface area contributed by atoms with Crippen molar-refractivity contribution < 1.29 is 9.47 Å². The number of nitrogens with one attached hydrogen (secondary N) is 2. The number of pyridine rings is 1. The van der Waals surface area contributed by atoms with Gasteiger partial charge in [-0.3, -0.25) is 0 Å². The second-order valence-corrected chi connectivity index (χ2v) is 5.85. The summed E-state index contributed by atoms with van der Waals surface area (Å²) in [6, 6.07) is 4.06. The van der Waals surface area contributed by atoms with E-state index >= 15 is 0 Å². The molecule has 0 aliphatic rings. The highest BCUT2D eigenvalue weighted by molar-refractivity contribution is 5.35. The first-order valence-electron chi connectivity index (χ1n) is 6.90. The number of aromatic nitrogens is 1. The van der Waals surface area contributed by atoms with Crippen molar-refractivity contribution in [3.05, 3.63) is 23.9 Å². The van der Waals surface area contributed by atoms with Crippen molar-refractivity contribution in [2.45, 2.75) is 39.0 Å². The molecular formula is C15H27N3O2. The van der Waals surface area contributed by atoms with Gasteiger partial charge in [0.2, 0.25) is 0 Å². The summed E-state index contributed by atoms with van der Waals surface area (Å²) in [4.78, 5) is 4.40. The molecule has 1 rings (SSSR count). The summed E-state index contributed by atoms with van der Waals surface area (Å²) in [5.74, 6) is 0.850. The fraction of sp³-hybridized carbons (Fsp3) is 0.667. The maximum absolute atomic E-state index is 5.29. The van der Waals surface area contributed by atoms with E-state index in [0.29, 0.717) is 13.2 Å². The molecule has 1 heterocycles. The van der Waals surface area contributed by atoms with E-state index in [4.69, 9.17) is 9.47 Å². The van der Waals surface area contributed by atoms with Crippen molar-refractivity contribution in [2.24, 2.45) is 0 Å². The molecule has 0 fully saturated rings. The van der Waals surface area contributed by atoms with Gasteiger partial charge in [0.05, 0.1) is 12.7 Å². The maximum Gasteiger partial charge on any atom is 0.125 e. The molecule has 5 nitrogen and oxygen atoms in total. The summed E-state index contributed by atoms with van der Waals surface area (Å²) in [6.45, 7) is 8.51. The normalized spacial score (nSPS) is 13.2. The molecule has 0 saturated heterocycles. The number of hydrogen-bond donors (Lipinski definition) is 2. The van der Waals surface area contributed by atoms with Crippen molar-refractivity contribution in [1.29, 1.82) is 0 Å². The molecular weight excluding hydrogens is 254 g/mol. The molecule has 1 unspecified atom stereocenters. The van der Waals surface area contributed by atoms with Gasteiger partial charge >= 0.3 is 0 Å². The van der Waals surface area contributed by atoms with Crippen LogP contribution in [0.1, 0.15) is 26.3 Å². The molecule has 114 valence electrons. The van der Waals surface area contributed by atoms with Crippen LogP contribution in [0, 0.1) is 0 Å². The first-order valence-corrected chi connectivity index (χ1v) is 6.90. The van der Waals surface area contributed by atoms with Gasteiger partial charge in [0.25, 0.3) is 0 Å². The molecule has 0 spiro atoms. The van der Waals surface area contributed by atoms with Crippen LogP contribution < -0.4 is 10.6 Å². The Morgan fingerprint density at radius 1 is 1.25 bits per heavy atom. The minimum Gasteiger partial charge on any atom is -0.382 e. The molecule has 1 aromatic rings. The Bertz CT molecular complexity index is 374. The van der Waals surface area contributed by atoms with Gasteiger partial charge in [-0.2, -0.15) is 0 Å². The standard InChI is InChI=1S/C15H27N3O2/c1-15(2,3)18-9-12-6-7-14(16-8-12)17-10-13(20-5)11-19-4/h6-8,13,18H,9-11H2,1-5H3,(H,16,17). The molecule has 1 atom stereocenters. The molecule has 5 heteroatoms. The van der Waals surface area contributed by atoms with Crippen LogP contribution in [0.2, 0.25) is 0 Å². The zero-order chi connectivity index (χ0) is 15.0. The monoisotopic (exact) mass is 281 g/mol. The topological polar surface area (TPSA) is 55.4 Å². The summed E-state index contributed by atoms with van der Waals surface area (Å²) >= 11 is 0. The van der Waals surface area contributed by atoms with Gasteiger partial charge in [0, 0.05) is 39.0 Å². The number of rotatable bonds is 8. The van der Waals surface area contributed by atoms with Crippen molar-refractivity contribution in [3.8, 4) is 0 Å². The maximum atomic E-state index is 5.29. The molecule has 0 aliphatic heterocycles. The van der Waals surface area contributed by atoms with Crippen molar-refractivity contribution in [1.82, 2.24) is 10.3 Å². The molecule has 0 radical (unpaired) electrons. The van der Waals surface area contributed by atoms with E-state index in [2.05, 4.69) is 42.5 Å². The molecule has 0 aliphatic carbocycles. The van der Waals surface area contributed by atoms with Crippen LogP contribution in [0.15, 0.2) is 18.3 Å². The largest absolute Gasteiger partial charge is 0.382 e. The quantitative estimate of drug-likeness (QED) is 0.764. The van der Waals surface area contributed by atoms with E-state index in [9.17, 15) is 0 Å². The SMILES string of the molecule is COCC(CNc1ccc(CNC(C)(C)C)cn1)OC. The minimum absolute atomic E-state index is 0.0315. The Balaban J connectivity index is 2.42. The third-order valence-corrected chi connectivity index (χ3v) is 2.84. The highest BCUT2D eigenvalue weighted by atomic mass is 16.5. The summed E-state index contributed by atoms with van der Waals surface area (Å²) in [5.41, 5.74) is 1.29. The van der Waals surface area contributed by atoms with E-state index in [1.54, 1.807) is 14.2 Å². The second kappa shape index (κ2) is 8.19. The molecule has 0 bridgehead atoms. The van der Waals surface area contributed by atoms with E-state index in [0.717, 1.165) is 12.4 Å². The predicted molar refractivity (Wildman–Crippen MR) is 82.0 cm³/mol. The average Bonchev–Trinajstić information content (AvgIpc) is 2.41. The smallest absolute Gasteiger partial charge is 0.125 e. The van der Waals surface area contributed by atoms with E-state index in [1.807, 2.05) is 12.3 Å². The molecule has 0 aromatic carbocycles. The third kappa shape index (κ3) is 6.84. The van der Waals surface area contributed by atoms with Gasteiger partial charge in [-0.25, -0.2) is 4.98 Å². The van der Waals surface area contributed by atoms with E-state index < -0.39 is 0 Å². The summed E-state index contributed by atoms with van der Waals surface area (Å²) in [7, 11) is 3.35. The first kappa shape index (κ1) is 16.9. The lowest BCUT2D eigenvalue weighted by atomic mass is 10.1. The Morgan fingerprint density at radius 2 is 2.00 bits per heavy atom. The van der Waals surface area contributed by atoms with Crippen molar-refractivity contribution >= 4 is 5.82 Å². The minimum atomic E-state index is 0.0315. The number of hydrogen-bond acceptors (Lipinski definition) is 5. The average molecular weight is 281 g/mol. The highest BCUT2D eigenvalue weighted by Crippen LogP contribution is 2.07. The van der Waals surface area contributed by atoms with E-state index in [1.165, 1.54) is 5.56 Å². The highest BCUT2D eigenvalue weighted by Gasteiger charge is 2.09. The lowest BCUT2D eigenvalue weighted by Crippen LogP contribution is -2.35. The Labute approximate surface area is 122 Å². The second-order valence-electron chi connectivity index (χ2n) is 5.85. The Hall–Kier alpha value is -1.17. The summed E-state index contributed by atoms with van der Waals surface area (Å²) in [5, 5.41) is 6.68. The molecule has 2 N–H and O–H groups in total. The van der Waals surface area contributed by atoms with Crippen molar-refractivity contribution in [3.63, 3.8) is 0 Å². The summed E-state index contributed by atoms with van der Waals surface area (Å²) < 4.78 is 10.4. The van der Waals surface area contributed by atoms with Crippen LogP contribution in [0.5, 0.6) is 0 Å². The van der Waals surface area contributed by atoms with Crippen LogP contribution in [0.3, 0.4) is 0 Å². The van der Waals surface area contributed by atoms with Crippen LogP contribution in [0.25, 0.3) is 0 Å².